The topological polar surface area (TPSA) is 75.3 Å². The predicted octanol–water partition coefficient (Wildman–Crippen LogP) is 2.07. The molecular formula is C15H24N4O. The number of rotatable bonds is 5. The summed E-state index contributed by atoms with van der Waals surface area (Å²) in [5.74, 6) is 2.84. The van der Waals surface area contributed by atoms with Crippen LogP contribution in [-0.2, 0) is 0 Å². The van der Waals surface area contributed by atoms with E-state index in [1.807, 2.05) is 6.07 Å². The molecule has 110 valence electrons. The van der Waals surface area contributed by atoms with E-state index in [0.29, 0.717) is 24.3 Å². The van der Waals surface area contributed by atoms with Gasteiger partial charge >= 0.3 is 0 Å². The highest BCUT2D eigenvalue weighted by Crippen LogP contribution is 2.39. The van der Waals surface area contributed by atoms with E-state index in [4.69, 9.17) is 10.7 Å². The second-order valence-electron chi connectivity index (χ2n) is 5.99. The van der Waals surface area contributed by atoms with Gasteiger partial charge in [-0.1, -0.05) is 19.3 Å². The van der Waals surface area contributed by atoms with Crippen LogP contribution in [0.3, 0.4) is 0 Å². The lowest BCUT2D eigenvalue weighted by atomic mass is 9.94. The summed E-state index contributed by atoms with van der Waals surface area (Å²) in [6.45, 7) is 0.782. The van der Waals surface area contributed by atoms with E-state index in [1.165, 1.54) is 44.9 Å². The van der Waals surface area contributed by atoms with E-state index in [-0.39, 0.29) is 6.61 Å². The average Bonchev–Trinajstić information content (AvgIpc) is 3.29. The molecule has 3 N–H and O–H groups in total. The number of anilines is 2. The van der Waals surface area contributed by atoms with Crippen molar-refractivity contribution in [1.29, 1.82) is 0 Å². The van der Waals surface area contributed by atoms with Crippen LogP contribution in [0.15, 0.2) is 6.07 Å². The Morgan fingerprint density at radius 1 is 1.15 bits per heavy atom. The molecule has 3 rings (SSSR count). The summed E-state index contributed by atoms with van der Waals surface area (Å²) in [7, 11) is 0. The Morgan fingerprint density at radius 2 is 1.90 bits per heavy atom. The minimum Gasteiger partial charge on any atom is -0.395 e. The zero-order valence-electron chi connectivity index (χ0n) is 12.0. The third kappa shape index (κ3) is 3.03. The van der Waals surface area contributed by atoms with Crippen LogP contribution in [0.25, 0.3) is 0 Å². The van der Waals surface area contributed by atoms with E-state index in [2.05, 4.69) is 9.88 Å². The molecule has 0 radical (unpaired) electrons. The third-order valence-corrected chi connectivity index (χ3v) is 4.34. The molecule has 2 fully saturated rings. The molecule has 0 amide bonds. The van der Waals surface area contributed by atoms with Gasteiger partial charge in [-0.2, -0.15) is 0 Å². The van der Waals surface area contributed by atoms with E-state index in [9.17, 15) is 5.11 Å². The summed E-state index contributed by atoms with van der Waals surface area (Å²) in [5.41, 5.74) is 5.95. The van der Waals surface area contributed by atoms with E-state index in [1.54, 1.807) is 0 Å². The highest BCUT2D eigenvalue weighted by molar-refractivity contribution is 5.48. The van der Waals surface area contributed by atoms with Gasteiger partial charge in [0.15, 0.2) is 0 Å². The van der Waals surface area contributed by atoms with Crippen molar-refractivity contribution in [3.8, 4) is 0 Å². The molecule has 0 aromatic carbocycles. The number of hydrogen-bond donors (Lipinski definition) is 2. The molecule has 0 saturated heterocycles. The molecule has 0 bridgehead atoms. The number of aromatic nitrogens is 2. The monoisotopic (exact) mass is 276 g/mol. The lowest BCUT2D eigenvalue weighted by Gasteiger charge is -2.35. The van der Waals surface area contributed by atoms with Crippen molar-refractivity contribution >= 4 is 11.6 Å². The number of nitrogen functional groups attached to an aromatic ring is 1. The van der Waals surface area contributed by atoms with Gasteiger partial charge < -0.3 is 15.7 Å². The van der Waals surface area contributed by atoms with Crippen molar-refractivity contribution in [3.63, 3.8) is 0 Å². The quantitative estimate of drug-likeness (QED) is 0.861. The lowest BCUT2D eigenvalue weighted by molar-refractivity contribution is 0.289. The van der Waals surface area contributed by atoms with Crippen molar-refractivity contribution in [2.45, 2.75) is 56.9 Å². The Kier molecular flexibility index (Phi) is 4.05. The third-order valence-electron chi connectivity index (χ3n) is 4.34. The smallest absolute Gasteiger partial charge is 0.136 e. The van der Waals surface area contributed by atoms with Crippen LogP contribution in [-0.4, -0.2) is 34.3 Å². The Balaban J connectivity index is 1.85. The van der Waals surface area contributed by atoms with Crippen LogP contribution in [0.4, 0.5) is 11.6 Å². The average molecular weight is 276 g/mol. The van der Waals surface area contributed by atoms with Crippen molar-refractivity contribution in [1.82, 2.24) is 9.97 Å². The van der Waals surface area contributed by atoms with Crippen molar-refractivity contribution < 1.29 is 5.11 Å². The summed E-state index contributed by atoms with van der Waals surface area (Å²) >= 11 is 0. The lowest BCUT2D eigenvalue weighted by Crippen LogP contribution is -2.39. The van der Waals surface area contributed by atoms with Gasteiger partial charge in [0.2, 0.25) is 0 Å². The normalized spacial score (nSPS) is 20.1. The maximum Gasteiger partial charge on any atom is 0.136 e. The summed E-state index contributed by atoms with van der Waals surface area (Å²) in [6, 6.07) is 2.34. The highest BCUT2D eigenvalue weighted by Gasteiger charge is 2.29. The Bertz CT molecular complexity index is 455. The maximum absolute atomic E-state index is 9.37. The summed E-state index contributed by atoms with van der Waals surface area (Å²) < 4.78 is 0. The molecule has 2 aliphatic rings. The minimum atomic E-state index is 0.152. The van der Waals surface area contributed by atoms with Crippen LogP contribution in [0.1, 0.15) is 56.7 Å². The molecule has 5 nitrogen and oxygen atoms in total. The van der Waals surface area contributed by atoms with Gasteiger partial charge in [-0.05, 0) is 25.7 Å². The SMILES string of the molecule is Nc1cc(N(CCO)C2CCCCC2)nc(C2CC2)n1. The second kappa shape index (κ2) is 5.95. The number of aliphatic hydroxyl groups is 1. The largest absolute Gasteiger partial charge is 0.395 e. The van der Waals surface area contributed by atoms with Gasteiger partial charge in [-0.25, -0.2) is 9.97 Å². The second-order valence-corrected chi connectivity index (χ2v) is 5.99. The molecular weight excluding hydrogens is 252 g/mol. The van der Waals surface area contributed by atoms with Crippen LogP contribution in [0, 0.1) is 0 Å². The Hall–Kier alpha value is -1.36. The van der Waals surface area contributed by atoms with Gasteiger partial charge in [0.1, 0.15) is 17.5 Å². The number of nitrogens with zero attached hydrogens (tertiary/aromatic N) is 3. The fraction of sp³-hybridized carbons (Fsp3) is 0.733. The first-order valence-electron chi connectivity index (χ1n) is 7.80. The Morgan fingerprint density at radius 3 is 2.55 bits per heavy atom. The van der Waals surface area contributed by atoms with Crippen LogP contribution in [0.5, 0.6) is 0 Å². The highest BCUT2D eigenvalue weighted by atomic mass is 16.3. The number of aliphatic hydroxyl groups excluding tert-OH is 1. The number of nitrogens with two attached hydrogens (primary N) is 1. The molecule has 0 atom stereocenters. The van der Waals surface area contributed by atoms with Crippen LogP contribution >= 0.6 is 0 Å². The van der Waals surface area contributed by atoms with Crippen LogP contribution in [0.2, 0.25) is 0 Å². The molecule has 20 heavy (non-hydrogen) atoms. The molecule has 2 aliphatic carbocycles. The molecule has 1 heterocycles. The molecule has 0 spiro atoms. The van der Waals surface area contributed by atoms with Crippen LogP contribution < -0.4 is 10.6 Å². The fourth-order valence-corrected chi connectivity index (χ4v) is 3.13. The molecule has 1 aromatic rings. The first-order chi connectivity index (χ1) is 9.78. The van der Waals surface area contributed by atoms with Crippen molar-refractivity contribution in [2.24, 2.45) is 0 Å². The predicted molar refractivity (Wildman–Crippen MR) is 79.7 cm³/mol. The van der Waals surface area contributed by atoms with Crippen molar-refractivity contribution in [2.75, 3.05) is 23.8 Å². The first kappa shape index (κ1) is 13.6. The van der Waals surface area contributed by atoms with E-state index in [0.717, 1.165) is 11.6 Å². The first-order valence-corrected chi connectivity index (χ1v) is 7.80. The summed E-state index contributed by atoms with van der Waals surface area (Å²) in [4.78, 5) is 11.3. The Labute approximate surface area is 120 Å². The van der Waals surface area contributed by atoms with Crippen molar-refractivity contribution in [3.05, 3.63) is 11.9 Å². The fourth-order valence-electron chi connectivity index (χ4n) is 3.13. The van der Waals surface area contributed by atoms with Gasteiger partial charge in [-0.3, -0.25) is 0 Å². The minimum absolute atomic E-state index is 0.152. The van der Waals surface area contributed by atoms with Gasteiger partial charge in [-0.15, -0.1) is 0 Å². The molecule has 0 unspecified atom stereocenters. The summed E-state index contributed by atoms with van der Waals surface area (Å²) in [5, 5.41) is 9.37. The van der Waals surface area contributed by atoms with Gasteiger partial charge in [0.25, 0.3) is 0 Å². The molecule has 0 aliphatic heterocycles. The van der Waals surface area contributed by atoms with E-state index < -0.39 is 0 Å². The van der Waals surface area contributed by atoms with Gasteiger partial charge in [0, 0.05) is 24.6 Å². The zero-order valence-corrected chi connectivity index (χ0v) is 12.0. The molecule has 2 saturated carbocycles. The van der Waals surface area contributed by atoms with Gasteiger partial charge in [0.05, 0.1) is 6.61 Å². The standard InChI is InChI=1S/C15H24N4O/c16-13-10-14(18-15(17-13)11-6-7-11)19(8-9-20)12-4-2-1-3-5-12/h10-12,20H,1-9H2,(H2,16,17,18). The number of hydrogen-bond acceptors (Lipinski definition) is 5. The molecule has 5 heteroatoms. The summed E-state index contributed by atoms with van der Waals surface area (Å²) in [6.07, 6.45) is 8.57. The van der Waals surface area contributed by atoms with E-state index >= 15 is 0 Å². The molecule has 1 aromatic heterocycles. The zero-order chi connectivity index (χ0) is 13.9. The maximum atomic E-state index is 9.37.